The second kappa shape index (κ2) is 9.83. The minimum atomic E-state index is -3.19. The van der Waals surface area contributed by atoms with E-state index in [1.807, 2.05) is 18.2 Å². The van der Waals surface area contributed by atoms with E-state index >= 15 is 8.78 Å². The Bertz CT molecular complexity index is 832. The van der Waals surface area contributed by atoms with Crippen LogP contribution >= 0.6 is 0 Å². The molecule has 0 bridgehead atoms. The van der Waals surface area contributed by atoms with Gasteiger partial charge in [0.25, 0.3) is 5.92 Å². The van der Waals surface area contributed by atoms with Gasteiger partial charge in [0.15, 0.2) is 0 Å². The first-order valence-electron chi connectivity index (χ1n) is 11.9. The van der Waals surface area contributed by atoms with E-state index in [1.165, 1.54) is 10.5 Å². The maximum atomic E-state index is 15.3. The number of alkyl halides is 2. The Kier molecular flexibility index (Phi) is 7.07. The van der Waals surface area contributed by atoms with Crippen molar-refractivity contribution in [2.75, 3.05) is 26.3 Å². The molecule has 2 N–H and O–H groups in total. The third-order valence-corrected chi connectivity index (χ3v) is 7.34. The van der Waals surface area contributed by atoms with Crippen LogP contribution in [0.1, 0.15) is 56.9 Å². The van der Waals surface area contributed by atoms with E-state index < -0.39 is 36.0 Å². The maximum Gasteiger partial charge on any atom is 0.407 e. The number of nitrogens with zero attached hydrogens (tertiary/aromatic N) is 1. The zero-order valence-electron chi connectivity index (χ0n) is 19.0. The van der Waals surface area contributed by atoms with Crippen LogP contribution in [0.2, 0.25) is 0 Å². The van der Waals surface area contributed by atoms with Crippen LogP contribution in [0.3, 0.4) is 0 Å². The quantitative estimate of drug-likeness (QED) is 0.688. The smallest absolute Gasteiger partial charge is 0.407 e. The van der Waals surface area contributed by atoms with Crippen molar-refractivity contribution in [2.45, 2.75) is 75.0 Å². The van der Waals surface area contributed by atoms with Crippen LogP contribution in [0, 0.1) is 0 Å². The van der Waals surface area contributed by atoms with Gasteiger partial charge >= 0.3 is 12.1 Å². The molecule has 2 aliphatic heterocycles. The molecule has 33 heavy (non-hydrogen) atoms. The summed E-state index contributed by atoms with van der Waals surface area (Å²) in [6, 6.07) is 8.94. The third kappa shape index (κ3) is 4.78. The minimum Gasteiger partial charge on any atom is -0.449 e. The lowest BCUT2D eigenvalue weighted by molar-refractivity contribution is -0.177. The van der Waals surface area contributed by atoms with Gasteiger partial charge in [-0.05, 0) is 44.1 Å². The van der Waals surface area contributed by atoms with E-state index in [-0.39, 0.29) is 32.3 Å². The number of hydrogen-bond acceptors (Lipinski definition) is 4. The highest BCUT2D eigenvalue weighted by molar-refractivity contribution is 5.76. The Morgan fingerprint density at radius 2 is 1.94 bits per heavy atom. The van der Waals surface area contributed by atoms with Gasteiger partial charge in [-0.1, -0.05) is 30.3 Å². The van der Waals surface area contributed by atoms with E-state index in [1.54, 1.807) is 6.92 Å². The minimum absolute atomic E-state index is 0.0618. The Morgan fingerprint density at radius 3 is 2.61 bits per heavy atom. The number of nitrogens with one attached hydrogen (secondary N) is 2. The van der Waals surface area contributed by atoms with Crippen molar-refractivity contribution in [3.63, 3.8) is 0 Å². The molecule has 7 nitrogen and oxygen atoms in total. The summed E-state index contributed by atoms with van der Waals surface area (Å²) in [6.07, 6.45) is 2.02. The predicted octanol–water partition coefficient (Wildman–Crippen LogP) is 4.04. The van der Waals surface area contributed by atoms with Crippen molar-refractivity contribution in [3.05, 3.63) is 35.9 Å². The summed E-state index contributed by atoms with van der Waals surface area (Å²) in [5.74, 6) is -2.72. The summed E-state index contributed by atoms with van der Waals surface area (Å²) in [5.41, 5.74) is -0.596. The lowest BCUT2D eigenvalue weighted by atomic mass is 9.75. The molecule has 3 fully saturated rings. The summed E-state index contributed by atoms with van der Waals surface area (Å²) in [7, 11) is 0. The summed E-state index contributed by atoms with van der Waals surface area (Å²) < 4.78 is 41.7. The number of carbonyl (C=O) groups excluding carboxylic acids is 2. The van der Waals surface area contributed by atoms with Gasteiger partial charge < -0.3 is 25.0 Å². The number of benzene rings is 1. The number of halogens is 2. The SMILES string of the molecule is CCNC(=O)N1CCC(F)(F)C2(CCOC(=O)N2)C1COC1CCC(c2ccccc2)CC1. The van der Waals surface area contributed by atoms with Gasteiger partial charge in [-0.25, -0.2) is 18.4 Å². The lowest BCUT2D eigenvalue weighted by Gasteiger charge is -2.54. The van der Waals surface area contributed by atoms with Crippen LogP contribution in [-0.4, -0.2) is 66.9 Å². The molecule has 2 atom stereocenters. The van der Waals surface area contributed by atoms with E-state index in [4.69, 9.17) is 9.47 Å². The number of ether oxygens (including phenoxy) is 2. The van der Waals surface area contributed by atoms with Gasteiger partial charge in [0.1, 0.15) is 5.54 Å². The second-order valence-electron chi connectivity index (χ2n) is 9.20. The van der Waals surface area contributed by atoms with Crippen molar-refractivity contribution in [1.82, 2.24) is 15.5 Å². The second-order valence-corrected chi connectivity index (χ2v) is 9.20. The van der Waals surface area contributed by atoms with Crippen LogP contribution < -0.4 is 10.6 Å². The zero-order chi connectivity index (χ0) is 23.5. The highest BCUT2D eigenvalue weighted by atomic mass is 19.3. The van der Waals surface area contributed by atoms with Crippen LogP contribution in [-0.2, 0) is 9.47 Å². The third-order valence-electron chi connectivity index (χ3n) is 7.34. The maximum absolute atomic E-state index is 15.3. The molecule has 182 valence electrons. The average molecular weight is 466 g/mol. The fourth-order valence-electron chi connectivity index (χ4n) is 5.50. The van der Waals surface area contributed by atoms with Gasteiger partial charge in [0.05, 0.1) is 25.4 Å². The standard InChI is InChI=1S/C24H33F2N3O4/c1-2-27-21(30)29-14-12-24(25,26)23(13-15-32-22(31)28-23)20(29)16-33-19-10-8-18(9-11-19)17-6-4-3-5-7-17/h3-7,18-20H,2,8-16H2,1H3,(H,27,30)(H,28,31). The number of piperidine rings is 1. The summed E-state index contributed by atoms with van der Waals surface area (Å²) in [4.78, 5) is 26.2. The van der Waals surface area contributed by atoms with E-state index in [9.17, 15) is 9.59 Å². The molecule has 4 rings (SSSR count). The number of likely N-dealkylation sites (tertiary alicyclic amines) is 1. The van der Waals surface area contributed by atoms with Crippen LogP contribution in [0.4, 0.5) is 18.4 Å². The normalized spacial score (nSPS) is 31.5. The van der Waals surface area contributed by atoms with Gasteiger partial charge in [-0.3, -0.25) is 0 Å². The molecule has 1 aliphatic carbocycles. The highest BCUT2D eigenvalue weighted by Crippen LogP contribution is 2.45. The molecule has 3 aliphatic rings. The molecule has 9 heteroatoms. The van der Waals surface area contributed by atoms with Crippen molar-refractivity contribution in [3.8, 4) is 0 Å². The number of urea groups is 1. The first-order valence-corrected chi connectivity index (χ1v) is 11.9. The molecular weight excluding hydrogens is 432 g/mol. The Hall–Kier alpha value is -2.42. The van der Waals surface area contributed by atoms with Gasteiger partial charge in [0.2, 0.25) is 0 Å². The topological polar surface area (TPSA) is 79.9 Å². The molecular formula is C24H33F2N3O4. The lowest BCUT2D eigenvalue weighted by Crippen LogP contribution is -2.78. The summed E-state index contributed by atoms with van der Waals surface area (Å²) >= 11 is 0. The molecule has 1 aromatic rings. The van der Waals surface area contributed by atoms with Gasteiger partial charge in [-0.2, -0.15) is 0 Å². The van der Waals surface area contributed by atoms with E-state index in [2.05, 4.69) is 22.8 Å². The molecule has 1 saturated carbocycles. The van der Waals surface area contributed by atoms with E-state index in [0.717, 1.165) is 25.7 Å². The van der Waals surface area contributed by atoms with Crippen molar-refractivity contribution < 1.29 is 27.8 Å². The van der Waals surface area contributed by atoms with Crippen molar-refractivity contribution in [1.29, 1.82) is 0 Å². The summed E-state index contributed by atoms with van der Waals surface area (Å²) in [6.45, 7) is 1.87. The Labute approximate surface area is 193 Å². The van der Waals surface area contributed by atoms with Crippen LogP contribution in [0.25, 0.3) is 0 Å². The number of carbonyl (C=O) groups is 2. The monoisotopic (exact) mass is 465 g/mol. The first-order chi connectivity index (χ1) is 15.9. The van der Waals surface area contributed by atoms with Crippen molar-refractivity contribution >= 4 is 12.1 Å². The molecule has 2 heterocycles. The van der Waals surface area contributed by atoms with Crippen molar-refractivity contribution in [2.24, 2.45) is 0 Å². The predicted molar refractivity (Wildman–Crippen MR) is 118 cm³/mol. The fraction of sp³-hybridized carbons (Fsp3) is 0.667. The number of amides is 3. The molecule has 3 amide bonds. The van der Waals surface area contributed by atoms with E-state index in [0.29, 0.717) is 12.5 Å². The average Bonchev–Trinajstić information content (AvgIpc) is 2.81. The molecule has 1 spiro atoms. The molecule has 1 aromatic carbocycles. The number of hydrogen-bond donors (Lipinski definition) is 2. The number of cyclic esters (lactones) is 1. The Morgan fingerprint density at radius 1 is 1.21 bits per heavy atom. The van der Waals surface area contributed by atoms with Gasteiger partial charge in [0, 0.05) is 25.9 Å². The highest BCUT2D eigenvalue weighted by Gasteiger charge is 2.65. The molecule has 0 aromatic heterocycles. The Balaban J connectivity index is 1.48. The fourth-order valence-corrected chi connectivity index (χ4v) is 5.50. The zero-order valence-corrected chi connectivity index (χ0v) is 19.0. The molecule has 2 unspecified atom stereocenters. The van der Waals surface area contributed by atoms with Crippen LogP contribution in [0.15, 0.2) is 30.3 Å². The largest absolute Gasteiger partial charge is 0.449 e. The first kappa shape index (κ1) is 23.7. The molecule has 2 saturated heterocycles. The number of alkyl carbamates (subject to hydrolysis) is 1. The van der Waals surface area contributed by atoms with Gasteiger partial charge in [-0.15, -0.1) is 0 Å². The summed E-state index contributed by atoms with van der Waals surface area (Å²) in [5, 5.41) is 5.11. The number of rotatable bonds is 5. The van der Waals surface area contributed by atoms with Crippen LogP contribution in [0.5, 0.6) is 0 Å². The molecule has 0 radical (unpaired) electrons.